The van der Waals surface area contributed by atoms with Crippen LogP contribution in [0.3, 0.4) is 0 Å². The molecule has 3 rings (SSSR count). The van der Waals surface area contributed by atoms with Crippen LogP contribution in [0.5, 0.6) is 0 Å². The smallest absolute Gasteiger partial charge is 0.475 e. The molecule has 0 atom stereocenters. The number of rotatable bonds is 10. The van der Waals surface area contributed by atoms with Gasteiger partial charge in [-0.1, -0.05) is 48.0 Å². The molecule has 2 aromatic rings. The number of sulfonamides is 2. The Morgan fingerprint density at radius 2 is 1.53 bits per heavy atom. The van der Waals surface area contributed by atoms with Gasteiger partial charge in [-0.15, -0.1) is 0 Å². The van der Waals surface area contributed by atoms with Gasteiger partial charge in [0.15, 0.2) is 0 Å². The standard InChI is InChI=1S/C22H31N3O4S2.C2HF3O2/c1-20-9-11-22(12-10-20)31(28,29)25(15-5-8-21-6-3-2-4-7-21)18-19-30(26,27)24-16-13-23-14-17-24;3-2(4,5)1(6)7/h2-4,6-7,9-12,23H,5,8,13-19H2,1H3;(H,6,7). The largest absolute Gasteiger partial charge is 0.490 e. The van der Waals surface area contributed by atoms with E-state index in [9.17, 15) is 30.0 Å². The second-order valence-electron chi connectivity index (χ2n) is 8.57. The van der Waals surface area contributed by atoms with Crippen LogP contribution in [0.15, 0.2) is 59.5 Å². The van der Waals surface area contributed by atoms with Gasteiger partial charge in [0, 0.05) is 39.3 Å². The molecule has 38 heavy (non-hydrogen) atoms. The van der Waals surface area contributed by atoms with E-state index in [4.69, 9.17) is 9.90 Å². The number of carboxylic acid groups (broad SMARTS) is 1. The Labute approximate surface area is 221 Å². The maximum atomic E-state index is 13.3. The third-order valence-electron chi connectivity index (χ3n) is 5.69. The lowest BCUT2D eigenvalue weighted by Gasteiger charge is -2.28. The molecule has 0 saturated carbocycles. The van der Waals surface area contributed by atoms with Crippen molar-refractivity contribution in [1.82, 2.24) is 13.9 Å². The number of carboxylic acids is 1. The fourth-order valence-electron chi connectivity index (χ4n) is 3.58. The van der Waals surface area contributed by atoms with Crippen molar-refractivity contribution in [2.75, 3.05) is 45.0 Å². The Balaban J connectivity index is 0.000000638. The van der Waals surface area contributed by atoms with Crippen LogP contribution in [-0.4, -0.2) is 87.7 Å². The maximum Gasteiger partial charge on any atom is 0.490 e. The molecular weight excluding hydrogens is 547 g/mol. The number of benzene rings is 2. The van der Waals surface area contributed by atoms with Crippen molar-refractivity contribution in [2.45, 2.75) is 30.8 Å². The molecule has 2 N–H and O–H groups in total. The quantitative estimate of drug-likeness (QED) is 0.443. The van der Waals surface area contributed by atoms with Crippen LogP contribution in [0.4, 0.5) is 13.2 Å². The second kappa shape index (κ2) is 14.0. The molecule has 1 aliphatic rings. The molecule has 0 unspecified atom stereocenters. The van der Waals surface area contributed by atoms with Crippen LogP contribution in [-0.2, 0) is 31.3 Å². The van der Waals surface area contributed by atoms with Crippen LogP contribution >= 0.6 is 0 Å². The molecule has 1 saturated heterocycles. The number of aryl methyl sites for hydroxylation is 2. The first-order chi connectivity index (χ1) is 17.7. The van der Waals surface area contributed by atoms with E-state index in [1.807, 2.05) is 37.3 Å². The Bertz CT molecular complexity index is 1230. The number of aliphatic carboxylic acids is 1. The van der Waals surface area contributed by atoms with E-state index in [1.54, 1.807) is 24.3 Å². The van der Waals surface area contributed by atoms with Gasteiger partial charge < -0.3 is 10.4 Å². The van der Waals surface area contributed by atoms with Crippen LogP contribution in [0.25, 0.3) is 0 Å². The van der Waals surface area contributed by atoms with Gasteiger partial charge in [0.05, 0.1) is 10.6 Å². The van der Waals surface area contributed by atoms with Gasteiger partial charge in [-0.25, -0.2) is 21.6 Å². The van der Waals surface area contributed by atoms with E-state index in [1.165, 1.54) is 8.61 Å². The summed E-state index contributed by atoms with van der Waals surface area (Å²) < 4.78 is 86.6. The topological polar surface area (TPSA) is 124 Å². The predicted octanol–water partition coefficient (Wildman–Crippen LogP) is 2.49. The minimum atomic E-state index is -5.08. The first-order valence-corrected chi connectivity index (χ1v) is 14.9. The number of carbonyl (C=O) groups is 1. The lowest BCUT2D eigenvalue weighted by Crippen LogP contribution is -2.48. The highest BCUT2D eigenvalue weighted by Gasteiger charge is 2.38. The van der Waals surface area contributed by atoms with Crippen molar-refractivity contribution in [1.29, 1.82) is 0 Å². The Morgan fingerprint density at radius 1 is 0.974 bits per heavy atom. The van der Waals surface area contributed by atoms with E-state index in [0.717, 1.165) is 17.5 Å². The Morgan fingerprint density at radius 3 is 2.05 bits per heavy atom. The Kier molecular flexibility index (Phi) is 11.7. The highest BCUT2D eigenvalue weighted by Crippen LogP contribution is 2.18. The van der Waals surface area contributed by atoms with Crippen molar-refractivity contribution in [2.24, 2.45) is 0 Å². The molecule has 0 radical (unpaired) electrons. The molecule has 2 aromatic carbocycles. The SMILES string of the molecule is Cc1ccc(S(=O)(=O)N(CCCc2ccccc2)CCS(=O)(=O)N2CCNCC2)cc1.O=C(O)C(F)(F)F. The summed E-state index contributed by atoms with van der Waals surface area (Å²) in [7, 11) is -7.30. The first-order valence-electron chi connectivity index (χ1n) is 11.8. The molecule has 0 amide bonds. The van der Waals surface area contributed by atoms with Gasteiger partial charge in [0.2, 0.25) is 20.0 Å². The van der Waals surface area contributed by atoms with Gasteiger partial charge in [-0.2, -0.15) is 21.8 Å². The summed E-state index contributed by atoms with van der Waals surface area (Å²) in [5.41, 5.74) is 2.10. The van der Waals surface area contributed by atoms with E-state index < -0.39 is 32.2 Å². The number of piperazine rings is 1. The number of alkyl halides is 3. The normalized spacial score (nSPS) is 15.1. The predicted molar refractivity (Wildman–Crippen MR) is 137 cm³/mol. The van der Waals surface area contributed by atoms with E-state index in [2.05, 4.69) is 5.32 Å². The van der Waals surface area contributed by atoms with E-state index in [0.29, 0.717) is 32.6 Å². The molecule has 0 spiro atoms. The van der Waals surface area contributed by atoms with Crippen LogP contribution < -0.4 is 5.32 Å². The summed E-state index contributed by atoms with van der Waals surface area (Å²) >= 11 is 0. The molecule has 0 bridgehead atoms. The zero-order valence-corrected chi connectivity index (χ0v) is 22.5. The lowest BCUT2D eigenvalue weighted by atomic mass is 10.1. The third kappa shape index (κ3) is 9.98. The molecule has 212 valence electrons. The molecule has 0 aromatic heterocycles. The van der Waals surface area contributed by atoms with Gasteiger partial charge >= 0.3 is 12.1 Å². The van der Waals surface area contributed by atoms with Gasteiger partial charge in [0.1, 0.15) is 0 Å². The molecule has 9 nitrogen and oxygen atoms in total. The molecule has 1 fully saturated rings. The average Bonchev–Trinajstić information content (AvgIpc) is 2.87. The molecule has 14 heteroatoms. The minimum absolute atomic E-state index is 0.0583. The summed E-state index contributed by atoms with van der Waals surface area (Å²) in [5.74, 6) is -2.98. The fourth-order valence-corrected chi connectivity index (χ4v) is 6.63. The van der Waals surface area contributed by atoms with Gasteiger partial charge in [0.25, 0.3) is 0 Å². The van der Waals surface area contributed by atoms with Gasteiger partial charge in [-0.3, -0.25) is 0 Å². The number of hydrogen-bond donors (Lipinski definition) is 2. The van der Waals surface area contributed by atoms with Crippen LogP contribution in [0, 0.1) is 6.92 Å². The van der Waals surface area contributed by atoms with Crippen molar-refractivity contribution >= 4 is 26.0 Å². The highest BCUT2D eigenvalue weighted by molar-refractivity contribution is 7.90. The number of nitrogens with zero attached hydrogens (tertiary/aromatic N) is 2. The first kappa shape index (κ1) is 31.7. The molecule has 1 heterocycles. The summed E-state index contributed by atoms with van der Waals surface area (Å²) in [4.78, 5) is 9.09. The molecular formula is C24H32F3N3O6S2. The number of hydrogen-bond acceptors (Lipinski definition) is 6. The van der Waals surface area contributed by atoms with Crippen molar-refractivity contribution in [3.63, 3.8) is 0 Å². The highest BCUT2D eigenvalue weighted by atomic mass is 32.2. The van der Waals surface area contributed by atoms with Crippen molar-refractivity contribution in [3.8, 4) is 0 Å². The van der Waals surface area contributed by atoms with Crippen molar-refractivity contribution < 1.29 is 39.9 Å². The number of halogens is 3. The maximum absolute atomic E-state index is 13.3. The lowest BCUT2D eigenvalue weighted by molar-refractivity contribution is -0.192. The summed E-state index contributed by atoms with van der Waals surface area (Å²) in [6.45, 7) is 4.17. The summed E-state index contributed by atoms with van der Waals surface area (Å²) in [6.07, 6.45) is -3.74. The van der Waals surface area contributed by atoms with E-state index in [-0.39, 0.29) is 23.7 Å². The average molecular weight is 580 g/mol. The van der Waals surface area contributed by atoms with E-state index >= 15 is 0 Å². The third-order valence-corrected chi connectivity index (χ3v) is 9.45. The molecule has 0 aliphatic carbocycles. The Hall–Kier alpha value is -2.52. The van der Waals surface area contributed by atoms with Crippen LogP contribution in [0.1, 0.15) is 17.5 Å². The minimum Gasteiger partial charge on any atom is -0.475 e. The second-order valence-corrected chi connectivity index (χ2v) is 12.6. The zero-order valence-electron chi connectivity index (χ0n) is 20.9. The molecule has 1 aliphatic heterocycles. The summed E-state index contributed by atoms with van der Waals surface area (Å²) in [5, 5.41) is 10.3. The van der Waals surface area contributed by atoms with Crippen molar-refractivity contribution in [3.05, 3.63) is 65.7 Å². The summed E-state index contributed by atoms with van der Waals surface area (Å²) in [6, 6.07) is 16.5. The number of nitrogens with one attached hydrogen (secondary N) is 1. The zero-order chi connectivity index (χ0) is 28.4. The van der Waals surface area contributed by atoms with Crippen LogP contribution in [0.2, 0.25) is 0 Å². The fraction of sp³-hybridized carbons (Fsp3) is 0.458. The van der Waals surface area contributed by atoms with Gasteiger partial charge in [-0.05, 0) is 37.5 Å². The monoisotopic (exact) mass is 579 g/mol.